The Bertz CT molecular complexity index is 1270. The Balaban J connectivity index is 1.70. The number of aryl methyl sites for hydroxylation is 1. The van der Waals surface area contributed by atoms with E-state index in [9.17, 15) is 4.39 Å². The third-order valence-electron chi connectivity index (χ3n) is 5.88. The molecule has 0 aliphatic carbocycles. The van der Waals surface area contributed by atoms with Gasteiger partial charge in [0.05, 0.1) is 23.5 Å². The van der Waals surface area contributed by atoms with Crippen LogP contribution in [0.5, 0.6) is 0 Å². The third kappa shape index (κ3) is 3.35. The molecular weight excluding hydrogens is 421 g/mol. The predicted molar refractivity (Wildman–Crippen MR) is 127 cm³/mol. The monoisotopic (exact) mass is 443 g/mol. The van der Waals surface area contributed by atoms with Gasteiger partial charge in [0, 0.05) is 23.8 Å². The van der Waals surface area contributed by atoms with Crippen molar-refractivity contribution in [3.63, 3.8) is 0 Å². The minimum atomic E-state index is -0.318. The van der Waals surface area contributed by atoms with Gasteiger partial charge in [-0.2, -0.15) is 0 Å². The van der Waals surface area contributed by atoms with Gasteiger partial charge >= 0.3 is 0 Å². The highest BCUT2D eigenvalue weighted by atomic mass is 32.1. The van der Waals surface area contributed by atoms with E-state index in [1.807, 2.05) is 47.4 Å². The quantitative estimate of drug-likeness (QED) is 0.439. The summed E-state index contributed by atoms with van der Waals surface area (Å²) in [4.78, 5) is 11.0. The van der Waals surface area contributed by atoms with Gasteiger partial charge in [0.1, 0.15) is 11.6 Å². The van der Waals surface area contributed by atoms with E-state index in [0.29, 0.717) is 10.8 Å². The van der Waals surface area contributed by atoms with Crippen molar-refractivity contribution in [2.75, 3.05) is 4.90 Å². The van der Waals surface area contributed by atoms with Crippen molar-refractivity contribution < 1.29 is 4.39 Å². The summed E-state index contributed by atoms with van der Waals surface area (Å²) in [5, 5.41) is 3.86. The maximum absolute atomic E-state index is 14.9. The van der Waals surface area contributed by atoms with Crippen LogP contribution in [0.4, 0.5) is 10.1 Å². The number of nitrogens with zero attached hydrogens (tertiary/aromatic N) is 4. The number of para-hydroxylation sites is 1. The van der Waals surface area contributed by atoms with Crippen molar-refractivity contribution in [2.24, 2.45) is 0 Å². The number of rotatable bonds is 4. The molecule has 1 aromatic carbocycles. The molecule has 3 aromatic heterocycles. The van der Waals surface area contributed by atoms with Crippen molar-refractivity contribution in [1.82, 2.24) is 19.9 Å². The molecule has 2 atom stereocenters. The first-order valence-electron chi connectivity index (χ1n) is 10.4. The molecule has 2 unspecified atom stereocenters. The van der Waals surface area contributed by atoms with E-state index in [0.717, 1.165) is 28.5 Å². The van der Waals surface area contributed by atoms with Gasteiger partial charge in [-0.1, -0.05) is 24.3 Å². The largest absolute Gasteiger partial charge is 0.351 e. The number of hydrogen-bond acceptors (Lipinski definition) is 3. The van der Waals surface area contributed by atoms with Crippen molar-refractivity contribution >= 4 is 23.0 Å². The first kappa shape index (κ1) is 20.3. The molecule has 32 heavy (non-hydrogen) atoms. The lowest BCUT2D eigenvalue weighted by atomic mass is 9.96. The summed E-state index contributed by atoms with van der Waals surface area (Å²) >= 11 is 5.71. The summed E-state index contributed by atoms with van der Waals surface area (Å²) < 4.78 is 17.0. The number of thiocarbonyl (C=S) groups is 1. The molecule has 160 valence electrons. The molecule has 7 heteroatoms. The van der Waals surface area contributed by atoms with E-state index in [1.54, 1.807) is 24.5 Å². The van der Waals surface area contributed by atoms with Crippen molar-refractivity contribution in [1.29, 1.82) is 0 Å². The Hall–Kier alpha value is -3.58. The molecule has 1 aliphatic heterocycles. The van der Waals surface area contributed by atoms with Gasteiger partial charge in [-0.05, 0) is 74.1 Å². The molecule has 4 aromatic rings. The highest BCUT2D eigenvalue weighted by Crippen LogP contribution is 2.44. The van der Waals surface area contributed by atoms with Crippen LogP contribution in [0.1, 0.15) is 34.7 Å². The van der Waals surface area contributed by atoms with E-state index >= 15 is 0 Å². The zero-order chi connectivity index (χ0) is 22.2. The number of aromatic nitrogens is 3. The Kier molecular flexibility index (Phi) is 5.19. The van der Waals surface area contributed by atoms with E-state index < -0.39 is 0 Å². The van der Waals surface area contributed by atoms with E-state index in [2.05, 4.69) is 39.8 Å². The average molecular weight is 444 g/mol. The van der Waals surface area contributed by atoms with Crippen LogP contribution < -0.4 is 10.2 Å². The molecule has 1 saturated heterocycles. The predicted octanol–water partition coefficient (Wildman–Crippen LogP) is 5.20. The molecule has 0 spiro atoms. The molecule has 0 radical (unpaired) electrons. The van der Waals surface area contributed by atoms with Crippen LogP contribution in [0.25, 0.3) is 5.82 Å². The molecule has 5 nitrogen and oxygen atoms in total. The van der Waals surface area contributed by atoms with E-state index in [1.165, 1.54) is 6.07 Å². The van der Waals surface area contributed by atoms with Crippen LogP contribution in [-0.4, -0.2) is 19.6 Å². The van der Waals surface area contributed by atoms with Crippen molar-refractivity contribution in [2.45, 2.75) is 25.9 Å². The van der Waals surface area contributed by atoms with Gasteiger partial charge < -0.3 is 14.8 Å². The zero-order valence-electron chi connectivity index (χ0n) is 17.7. The van der Waals surface area contributed by atoms with Crippen molar-refractivity contribution in [3.05, 3.63) is 108 Å². The van der Waals surface area contributed by atoms with E-state index in [4.69, 9.17) is 12.2 Å². The van der Waals surface area contributed by atoms with Crippen molar-refractivity contribution in [3.8, 4) is 5.82 Å². The van der Waals surface area contributed by atoms with E-state index in [-0.39, 0.29) is 17.9 Å². The number of pyridine rings is 2. The SMILES string of the molecule is Cc1cc(C2C(c3ccccn3)NC(=S)N2c2ccccc2F)c(C)n1-c1ccccn1. The van der Waals surface area contributed by atoms with Crippen LogP contribution in [0.3, 0.4) is 0 Å². The second-order valence-electron chi connectivity index (χ2n) is 7.80. The van der Waals surface area contributed by atoms with Gasteiger partial charge in [0.25, 0.3) is 0 Å². The maximum Gasteiger partial charge on any atom is 0.174 e. The van der Waals surface area contributed by atoms with Crippen LogP contribution in [0.2, 0.25) is 0 Å². The second-order valence-corrected chi connectivity index (χ2v) is 8.18. The van der Waals surface area contributed by atoms with Crippen LogP contribution in [-0.2, 0) is 0 Å². The molecule has 1 N–H and O–H groups in total. The first-order valence-corrected chi connectivity index (χ1v) is 10.8. The Morgan fingerprint density at radius 3 is 2.34 bits per heavy atom. The van der Waals surface area contributed by atoms with Crippen LogP contribution in [0, 0.1) is 19.7 Å². The second kappa shape index (κ2) is 8.16. The average Bonchev–Trinajstić information content (AvgIpc) is 3.30. The minimum absolute atomic E-state index is 0.235. The van der Waals surface area contributed by atoms with Crippen LogP contribution >= 0.6 is 12.2 Å². The van der Waals surface area contributed by atoms with Gasteiger partial charge in [-0.25, -0.2) is 9.37 Å². The molecule has 1 aliphatic rings. The number of halogens is 1. The fraction of sp³-hybridized carbons (Fsp3) is 0.160. The lowest BCUT2D eigenvalue weighted by Gasteiger charge is -2.28. The molecule has 4 heterocycles. The first-order chi connectivity index (χ1) is 15.6. The van der Waals surface area contributed by atoms with Gasteiger partial charge in [-0.15, -0.1) is 0 Å². The Labute approximate surface area is 191 Å². The summed E-state index contributed by atoms with van der Waals surface area (Å²) in [6.45, 7) is 4.11. The summed E-state index contributed by atoms with van der Waals surface area (Å²) in [7, 11) is 0. The number of benzene rings is 1. The Morgan fingerprint density at radius 2 is 1.66 bits per heavy atom. The lowest BCUT2D eigenvalue weighted by molar-refractivity contribution is 0.556. The standard InChI is InChI=1S/C25H22FN5S/c1-16-15-18(17(2)30(16)22-12-6-8-14-28-22)24-23(20-10-5-7-13-27-20)29-25(32)31(24)21-11-4-3-9-19(21)26/h3-15,23-24H,1-2H3,(H,29,32). The third-order valence-corrected chi connectivity index (χ3v) is 6.19. The summed E-state index contributed by atoms with van der Waals surface area (Å²) in [6, 6.07) is 20.0. The lowest BCUT2D eigenvalue weighted by Crippen LogP contribution is -2.30. The minimum Gasteiger partial charge on any atom is -0.351 e. The summed E-state index contributed by atoms with van der Waals surface area (Å²) in [5.41, 5.74) is 4.40. The smallest absolute Gasteiger partial charge is 0.174 e. The van der Waals surface area contributed by atoms with Gasteiger partial charge in [0.15, 0.2) is 5.11 Å². The zero-order valence-corrected chi connectivity index (χ0v) is 18.6. The molecular formula is C25H22FN5S. The normalized spacial score (nSPS) is 18.1. The summed E-state index contributed by atoms with van der Waals surface area (Å²) in [5.74, 6) is 0.524. The molecule has 0 amide bonds. The molecule has 0 saturated carbocycles. The maximum atomic E-state index is 14.9. The van der Waals surface area contributed by atoms with Gasteiger partial charge in [-0.3, -0.25) is 4.98 Å². The topological polar surface area (TPSA) is 46.0 Å². The highest BCUT2D eigenvalue weighted by Gasteiger charge is 2.43. The summed E-state index contributed by atoms with van der Waals surface area (Å²) in [6.07, 6.45) is 3.54. The number of nitrogens with one attached hydrogen (secondary N) is 1. The van der Waals surface area contributed by atoms with Crippen LogP contribution in [0.15, 0.2) is 79.1 Å². The fourth-order valence-corrected chi connectivity index (χ4v) is 4.84. The molecule has 1 fully saturated rings. The number of hydrogen-bond donors (Lipinski definition) is 1. The fourth-order valence-electron chi connectivity index (χ4n) is 4.50. The number of anilines is 1. The molecule has 0 bridgehead atoms. The van der Waals surface area contributed by atoms with Gasteiger partial charge in [0.2, 0.25) is 0 Å². The Morgan fingerprint density at radius 1 is 0.938 bits per heavy atom. The molecule has 5 rings (SSSR count). The highest BCUT2D eigenvalue weighted by molar-refractivity contribution is 7.80.